The van der Waals surface area contributed by atoms with Gasteiger partial charge in [0.25, 0.3) is 0 Å². The average molecular weight is 224 g/mol. The third kappa shape index (κ3) is 1.85. The third-order valence-corrected chi connectivity index (χ3v) is 2.94. The highest BCUT2D eigenvalue weighted by Crippen LogP contribution is 2.48. The topological polar surface area (TPSA) is 62.2 Å². The van der Waals surface area contributed by atoms with Gasteiger partial charge in [0, 0.05) is 6.20 Å². The van der Waals surface area contributed by atoms with E-state index >= 15 is 0 Å². The van der Waals surface area contributed by atoms with Gasteiger partial charge in [-0.1, -0.05) is 0 Å². The molecule has 2 atom stereocenters. The van der Waals surface area contributed by atoms with Crippen LogP contribution in [0.5, 0.6) is 5.75 Å². The molecule has 86 valence electrons. The summed E-state index contributed by atoms with van der Waals surface area (Å²) < 4.78 is 12.9. The minimum atomic E-state index is -1.05. The number of hydrogen-bond donors (Lipinski definition) is 2. The summed E-state index contributed by atoms with van der Waals surface area (Å²) in [5.41, 5.74) is -0.500. The van der Waals surface area contributed by atoms with Crippen LogP contribution in [0.4, 0.5) is 4.39 Å². The second-order valence-corrected chi connectivity index (χ2v) is 4.24. The first-order chi connectivity index (χ1) is 7.54. The van der Waals surface area contributed by atoms with Gasteiger partial charge in [-0.2, -0.15) is 0 Å². The van der Waals surface area contributed by atoms with E-state index in [1.165, 1.54) is 12.3 Å². The number of halogens is 1. The molecule has 4 nitrogen and oxygen atoms in total. The predicted octanol–water partition coefficient (Wildman–Crippen LogP) is 1.15. The molecule has 0 unspecified atom stereocenters. The van der Waals surface area contributed by atoms with Crippen molar-refractivity contribution in [3.8, 4) is 5.75 Å². The molecule has 1 heterocycles. The molecular formula is C11H13FN2O2. The molecule has 16 heavy (non-hydrogen) atoms. The summed E-state index contributed by atoms with van der Waals surface area (Å²) in [4.78, 5) is 15.5. The van der Waals surface area contributed by atoms with Crippen molar-refractivity contribution >= 4 is 5.91 Å². The Bertz CT molecular complexity index is 424. The van der Waals surface area contributed by atoms with Crippen LogP contribution in [-0.2, 0) is 11.3 Å². The fourth-order valence-corrected chi connectivity index (χ4v) is 1.48. The number of hydrogen-bond acceptors (Lipinski definition) is 3. The fourth-order valence-electron chi connectivity index (χ4n) is 1.48. The summed E-state index contributed by atoms with van der Waals surface area (Å²) >= 11 is 0. The lowest BCUT2D eigenvalue weighted by atomic mass is 10.1. The highest BCUT2D eigenvalue weighted by molar-refractivity contribution is 5.86. The number of nitrogens with one attached hydrogen (secondary N) is 1. The first-order valence-corrected chi connectivity index (χ1v) is 5.09. The third-order valence-electron chi connectivity index (χ3n) is 2.94. The van der Waals surface area contributed by atoms with Crippen LogP contribution < -0.4 is 5.32 Å². The Balaban J connectivity index is 1.94. The lowest BCUT2D eigenvalue weighted by Crippen LogP contribution is -2.31. The molecule has 1 aromatic rings. The molecule has 2 rings (SSSR count). The van der Waals surface area contributed by atoms with Crippen molar-refractivity contribution in [1.29, 1.82) is 0 Å². The molecule has 0 saturated heterocycles. The molecule has 1 aromatic heterocycles. The van der Waals surface area contributed by atoms with E-state index in [1.54, 1.807) is 13.0 Å². The zero-order valence-corrected chi connectivity index (χ0v) is 8.90. The van der Waals surface area contributed by atoms with Gasteiger partial charge in [-0.05, 0) is 25.5 Å². The van der Waals surface area contributed by atoms with Crippen LogP contribution in [0.1, 0.15) is 19.0 Å². The summed E-state index contributed by atoms with van der Waals surface area (Å²) in [5.74, 6) is -0.300. The number of pyridine rings is 1. The Morgan fingerprint density at radius 3 is 3.06 bits per heavy atom. The molecule has 1 fully saturated rings. The van der Waals surface area contributed by atoms with Gasteiger partial charge in [0.05, 0.1) is 12.0 Å². The van der Waals surface area contributed by atoms with E-state index in [0.29, 0.717) is 5.69 Å². The first-order valence-electron chi connectivity index (χ1n) is 5.09. The van der Waals surface area contributed by atoms with Gasteiger partial charge in [-0.25, -0.2) is 4.39 Å². The van der Waals surface area contributed by atoms with E-state index in [9.17, 15) is 14.3 Å². The van der Waals surface area contributed by atoms with E-state index in [-0.39, 0.29) is 24.6 Å². The Morgan fingerprint density at radius 1 is 1.81 bits per heavy atom. The average Bonchev–Trinajstić information content (AvgIpc) is 2.87. The van der Waals surface area contributed by atoms with E-state index in [4.69, 9.17) is 0 Å². The van der Waals surface area contributed by atoms with E-state index in [0.717, 1.165) is 0 Å². The quantitative estimate of drug-likeness (QED) is 0.809. The van der Waals surface area contributed by atoms with Crippen molar-refractivity contribution in [1.82, 2.24) is 10.3 Å². The molecule has 0 aromatic carbocycles. The molecule has 1 saturated carbocycles. The van der Waals surface area contributed by atoms with Crippen molar-refractivity contribution in [2.24, 2.45) is 5.41 Å². The standard InChI is InChI=1S/C11H13FN2O2/c1-11(5-9(11)12)10(16)14-6-7-8(15)3-2-4-13-7/h2-4,9,15H,5-6H2,1H3,(H,14,16)/t9-,11+/m0/s1. The molecule has 1 aliphatic carbocycles. The zero-order valence-electron chi connectivity index (χ0n) is 8.90. The number of carbonyl (C=O) groups is 1. The Morgan fingerprint density at radius 2 is 2.50 bits per heavy atom. The minimum absolute atomic E-state index is 0.0283. The molecule has 5 heteroatoms. The second-order valence-electron chi connectivity index (χ2n) is 4.24. The number of rotatable bonds is 3. The number of aromatic hydroxyl groups is 1. The molecule has 1 aliphatic rings. The number of carbonyl (C=O) groups excluding carboxylic acids is 1. The van der Waals surface area contributed by atoms with Crippen LogP contribution in [0.25, 0.3) is 0 Å². The monoisotopic (exact) mass is 224 g/mol. The van der Waals surface area contributed by atoms with E-state index < -0.39 is 11.6 Å². The molecule has 0 radical (unpaired) electrons. The Kier molecular flexibility index (Phi) is 2.53. The molecular weight excluding hydrogens is 211 g/mol. The minimum Gasteiger partial charge on any atom is -0.506 e. The summed E-state index contributed by atoms with van der Waals surface area (Å²) in [6.07, 6.45) is 0.746. The van der Waals surface area contributed by atoms with Crippen LogP contribution in [0, 0.1) is 5.41 Å². The Labute approximate surface area is 92.5 Å². The van der Waals surface area contributed by atoms with Crippen LogP contribution in [0.2, 0.25) is 0 Å². The van der Waals surface area contributed by atoms with Gasteiger partial charge in [-0.15, -0.1) is 0 Å². The highest BCUT2D eigenvalue weighted by atomic mass is 19.1. The van der Waals surface area contributed by atoms with Crippen LogP contribution in [0.15, 0.2) is 18.3 Å². The number of amides is 1. The van der Waals surface area contributed by atoms with Gasteiger partial charge in [0.1, 0.15) is 17.6 Å². The molecule has 0 spiro atoms. The summed E-state index contributed by atoms with van der Waals surface area (Å²) in [5, 5.41) is 12.0. The smallest absolute Gasteiger partial charge is 0.229 e. The van der Waals surface area contributed by atoms with Gasteiger partial charge < -0.3 is 10.4 Å². The lowest BCUT2D eigenvalue weighted by molar-refractivity contribution is -0.126. The lowest BCUT2D eigenvalue weighted by Gasteiger charge is -2.10. The second kappa shape index (κ2) is 3.73. The molecule has 2 N–H and O–H groups in total. The van der Waals surface area contributed by atoms with Crippen molar-refractivity contribution in [2.45, 2.75) is 26.1 Å². The highest BCUT2D eigenvalue weighted by Gasteiger charge is 2.57. The van der Waals surface area contributed by atoms with Crippen molar-refractivity contribution in [3.63, 3.8) is 0 Å². The predicted molar refractivity (Wildman–Crippen MR) is 55.4 cm³/mol. The normalized spacial score (nSPS) is 27.5. The molecule has 1 amide bonds. The maximum absolute atomic E-state index is 12.9. The Hall–Kier alpha value is -1.65. The summed E-state index contributed by atoms with van der Waals surface area (Å²) in [7, 11) is 0. The van der Waals surface area contributed by atoms with Crippen molar-refractivity contribution in [3.05, 3.63) is 24.0 Å². The summed E-state index contributed by atoms with van der Waals surface area (Å²) in [6.45, 7) is 1.71. The van der Waals surface area contributed by atoms with E-state index in [2.05, 4.69) is 10.3 Å². The van der Waals surface area contributed by atoms with Gasteiger partial charge in [-0.3, -0.25) is 9.78 Å². The molecule has 0 bridgehead atoms. The zero-order chi connectivity index (χ0) is 11.8. The van der Waals surface area contributed by atoms with Crippen molar-refractivity contribution < 1.29 is 14.3 Å². The maximum atomic E-state index is 12.9. The fraction of sp³-hybridized carbons (Fsp3) is 0.455. The SMILES string of the molecule is C[C@@]1(C(=O)NCc2ncccc2O)C[C@@H]1F. The van der Waals surface area contributed by atoms with Crippen LogP contribution in [0.3, 0.4) is 0 Å². The number of nitrogens with zero attached hydrogens (tertiary/aromatic N) is 1. The number of aromatic nitrogens is 1. The van der Waals surface area contributed by atoms with Gasteiger partial charge in [0.15, 0.2) is 0 Å². The largest absolute Gasteiger partial charge is 0.506 e. The maximum Gasteiger partial charge on any atom is 0.229 e. The van der Waals surface area contributed by atoms with Gasteiger partial charge >= 0.3 is 0 Å². The van der Waals surface area contributed by atoms with Crippen LogP contribution in [-0.4, -0.2) is 22.2 Å². The van der Waals surface area contributed by atoms with Crippen LogP contribution >= 0.6 is 0 Å². The molecule has 0 aliphatic heterocycles. The van der Waals surface area contributed by atoms with E-state index in [1.807, 2.05) is 0 Å². The van der Waals surface area contributed by atoms with Gasteiger partial charge in [0.2, 0.25) is 5.91 Å². The summed E-state index contributed by atoms with van der Waals surface area (Å²) in [6, 6.07) is 3.09. The number of alkyl halides is 1. The first kappa shape index (κ1) is 10.9. The van der Waals surface area contributed by atoms with Crippen molar-refractivity contribution in [2.75, 3.05) is 0 Å².